The third-order valence-corrected chi connectivity index (χ3v) is 5.80. The molecular weight excluding hydrogens is 470 g/mol. The van der Waals surface area contributed by atoms with Crippen molar-refractivity contribution in [3.63, 3.8) is 0 Å². The average molecular weight is 492 g/mol. The molecule has 1 saturated heterocycles. The summed E-state index contributed by atoms with van der Waals surface area (Å²) in [7, 11) is 0. The lowest BCUT2D eigenvalue weighted by Crippen LogP contribution is -2.36. The second kappa shape index (κ2) is 9.99. The number of amides is 1. The normalized spacial score (nSPS) is 15.9. The van der Waals surface area contributed by atoms with Gasteiger partial charge in [-0.15, -0.1) is 0 Å². The van der Waals surface area contributed by atoms with Crippen molar-refractivity contribution in [3.8, 4) is 6.07 Å². The van der Waals surface area contributed by atoms with Gasteiger partial charge >= 0.3 is 12.1 Å². The quantitative estimate of drug-likeness (QED) is 0.453. The van der Waals surface area contributed by atoms with Crippen molar-refractivity contribution in [2.75, 3.05) is 16.8 Å². The molecule has 10 heteroatoms. The SMILES string of the molecule is Cc1cc([C@@H](C)Nc2ccc(Cl)nc2C(=O)O)nc(N2C(=O)OC[C@@H]2Cc2cccc(C#N)c2)c1. The van der Waals surface area contributed by atoms with Gasteiger partial charge in [0.15, 0.2) is 5.69 Å². The number of aromatic nitrogens is 2. The number of carboxylic acids is 1. The molecule has 0 unspecified atom stereocenters. The Labute approximate surface area is 206 Å². The van der Waals surface area contributed by atoms with Gasteiger partial charge in [-0.25, -0.2) is 19.6 Å². The van der Waals surface area contributed by atoms with Crippen LogP contribution in [0.1, 0.15) is 45.8 Å². The number of aryl methyl sites for hydroxylation is 1. The summed E-state index contributed by atoms with van der Waals surface area (Å²) in [6.07, 6.45) is 0.00416. The lowest BCUT2D eigenvalue weighted by Gasteiger charge is -2.23. The van der Waals surface area contributed by atoms with E-state index >= 15 is 0 Å². The number of hydrogen-bond donors (Lipinski definition) is 2. The largest absolute Gasteiger partial charge is 0.476 e. The number of hydrogen-bond acceptors (Lipinski definition) is 7. The van der Waals surface area contributed by atoms with Gasteiger partial charge in [0.1, 0.15) is 17.6 Å². The van der Waals surface area contributed by atoms with Gasteiger partial charge in [0.2, 0.25) is 0 Å². The van der Waals surface area contributed by atoms with Gasteiger partial charge < -0.3 is 15.2 Å². The molecule has 0 saturated carbocycles. The fourth-order valence-electron chi connectivity index (χ4n) is 3.97. The van der Waals surface area contributed by atoms with E-state index in [-0.39, 0.29) is 23.5 Å². The number of carbonyl (C=O) groups excluding carboxylic acids is 1. The van der Waals surface area contributed by atoms with E-state index in [9.17, 15) is 20.0 Å². The van der Waals surface area contributed by atoms with Gasteiger partial charge in [0.05, 0.1) is 35.1 Å². The van der Waals surface area contributed by atoms with Crippen LogP contribution < -0.4 is 10.2 Å². The Hall–Kier alpha value is -4.16. The summed E-state index contributed by atoms with van der Waals surface area (Å²) in [5.41, 5.74) is 3.05. The topological polar surface area (TPSA) is 128 Å². The molecule has 9 nitrogen and oxygen atoms in total. The Kier molecular flexibility index (Phi) is 6.85. The third-order valence-electron chi connectivity index (χ3n) is 5.59. The minimum atomic E-state index is -1.21. The molecule has 3 aromatic rings. The molecule has 4 rings (SSSR count). The molecule has 1 aliphatic heterocycles. The van der Waals surface area contributed by atoms with E-state index in [1.807, 2.05) is 32.0 Å². The van der Waals surface area contributed by atoms with Gasteiger partial charge in [-0.05, 0) is 67.8 Å². The minimum absolute atomic E-state index is 0.0791. The maximum atomic E-state index is 12.6. The number of nitriles is 1. The van der Waals surface area contributed by atoms with E-state index in [2.05, 4.69) is 16.4 Å². The van der Waals surface area contributed by atoms with Crippen molar-refractivity contribution in [1.82, 2.24) is 9.97 Å². The first-order valence-corrected chi connectivity index (χ1v) is 11.2. The van der Waals surface area contributed by atoms with Gasteiger partial charge in [-0.3, -0.25) is 4.90 Å². The van der Waals surface area contributed by atoms with E-state index in [0.717, 1.165) is 11.1 Å². The van der Waals surface area contributed by atoms with Crippen molar-refractivity contribution in [2.24, 2.45) is 0 Å². The number of benzene rings is 1. The van der Waals surface area contributed by atoms with Crippen LogP contribution in [0, 0.1) is 18.3 Å². The standard InChI is InChI=1S/C25H22ClN5O4/c1-14-8-20(15(2)28-19-6-7-21(26)30-23(19)24(32)33)29-22(9-14)31-18(13-35-25(31)34)11-16-4-3-5-17(10-16)12-27/h3-10,15,18,28H,11,13H2,1-2H3,(H,32,33)/t15-,18+/m1/s1. The van der Waals surface area contributed by atoms with Crippen LogP contribution >= 0.6 is 11.6 Å². The number of carbonyl (C=O) groups is 2. The van der Waals surface area contributed by atoms with Gasteiger partial charge in [0.25, 0.3) is 0 Å². The Morgan fingerprint density at radius 2 is 2.11 bits per heavy atom. The zero-order valence-corrected chi connectivity index (χ0v) is 19.8. The van der Waals surface area contributed by atoms with E-state index < -0.39 is 18.1 Å². The van der Waals surface area contributed by atoms with Crippen LogP contribution in [-0.4, -0.2) is 39.8 Å². The number of nitrogens with zero attached hydrogens (tertiary/aromatic N) is 4. The molecule has 2 N–H and O–H groups in total. The molecule has 0 spiro atoms. The van der Waals surface area contributed by atoms with Crippen molar-refractivity contribution in [3.05, 3.63) is 81.8 Å². The second-order valence-corrected chi connectivity index (χ2v) is 8.63. The summed E-state index contributed by atoms with van der Waals surface area (Å²) in [6.45, 7) is 3.92. The van der Waals surface area contributed by atoms with Crippen LogP contribution in [0.15, 0.2) is 48.5 Å². The number of anilines is 2. The molecule has 3 heterocycles. The highest BCUT2D eigenvalue weighted by Gasteiger charge is 2.35. The Morgan fingerprint density at radius 3 is 2.86 bits per heavy atom. The molecule has 0 aliphatic carbocycles. The lowest BCUT2D eigenvalue weighted by molar-refractivity contribution is 0.0691. The molecule has 0 radical (unpaired) electrons. The highest BCUT2D eigenvalue weighted by atomic mass is 35.5. The highest BCUT2D eigenvalue weighted by Crippen LogP contribution is 2.28. The number of cyclic esters (lactones) is 1. The summed E-state index contributed by atoms with van der Waals surface area (Å²) in [5, 5.41) is 21.8. The number of carboxylic acid groups (broad SMARTS) is 1. The smallest absolute Gasteiger partial charge is 0.415 e. The first-order chi connectivity index (χ1) is 16.7. The van der Waals surface area contributed by atoms with E-state index in [1.165, 1.54) is 11.0 Å². The fourth-order valence-corrected chi connectivity index (χ4v) is 4.12. The first kappa shape index (κ1) is 24.0. The molecular formula is C25H22ClN5O4. The van der Waals surface area contributed by atoms with Crippen LogP contribution in [0.2, 0.25) is 5.15 Å². The van der Waals surface area contributed by atoms with Crippen LogP contribution in [0.5, 0.6) is 0 Å². The third kappa shape index (κ3) is 5.34. The van der Waals surface area contributed by atoms with Gasteiger partial charge in [-0.1, -0.05) is 23.7 Å². The van der Waals surface area contributed by atoms with Gasteiger partial charge in [0, 0.05) is 0 Å². The molecule has 178 valence electrons. The Bertz CT molecular complexity index is 1340. The monoisotopic (exact) mass is 491 g/mol. The zero-order valence-electron chi connectivity index (χ0n) is 19.0. The predicted octanol–water partition coefficient (Wildman–Crippen LogP) is 4.75. The predicted molar refractivity (Wildman–Crippen MR) is 130 cm³/mol. The maximum Gasteiger partial charge on any atom is 0.415 e. The van der Waals surface area contributed by atoms with Crippen molar-refractivity contribution in [1.29, 1.82) is 5.26 Å². The van der Waals surface area contributed by atoms with Crippen LogP contribution in [0.4, 0.5) is 16.3 Å². The zero-order chi connectivity index (χ0) is 25.1. The van der Waals surface area contributed by atoms with Crippen LogP contribution in [0.25, 0.3) is 0 Å². The molecule has 35 heavy (non-hydrogen) atoms. The fraction of sp³-hybridized carbons (Fsp3) is 0.240. The summed E-state index contributed by atoms with van der Waals surface area (Å²) in [5.74, 6) is -0.770. The van der Waals surface area contributed by atoms with E-state index in [0.29, 0.717) is 29.2 Å². The first-order valence-electron chi connectivity index (χ1n) is 10.8. The van der Waals surface area contributed by atoms with Crippen molar-refractivity contribution in [2.45, 2.75) is 32.4 Å². The summed E-state index contributed by atoms with van der Waals surface area (Å²) >= 11 is 5.85. The van der Waals surface area contributed by atoms with E-state index in [1.54, 1.807) is 24.3 Å². The molecule has 1 amide bonds. The number of nitrogens with one attached hydrogen (secondary N) is 1. The Morgan fingerprint density at radius 1 is 1.31 bits per heavy atom. The van der Waals surface area contributed by atoms with Crippen molar-refractivity contribution < 1.29 is 19.4 Å². The average Bonchev–Trinajstić information content (AvgIpc) is 3.19. The summed E-state index contributed by atoms with van der Waals surface area (Å²) < 4.78 is 5.33. The maximum absolute atomic E-state index is 12.6. The number of rotatable bonds is 7. The van der Waals surface area contributed by atoms with Gasteiger partial charge in [-0.2, -0.15) is 5.26 Å². The summed E-state index contributed by atoms with van der Waals surface area (Å²) in [6, 6.07) is 15.4. The van der Waals surface area contributed by atoms with Crippen molar-refractivity contribution >= 4 is 35.2 Å². The molecule has 1 fully saturated rings. The summed E-state index contributed by atoms with van der Waals surface area (Å²) in [4.78, 5) is 34.3. The molecule has 0 bridgehead atoms. The molecule has 1 aliphatic rings. The minimum Gasteiger partial charge on any atom is -0.476 e. The number of halogens is 1. The lowest BCUT2D eigenvalue weighted by atomic mass is 10.0. The molecule has 1 aromatic carbocycles. The number of pyridine rings is 2. The van der Waals surface area contributed by atoms with Crippen LogP contribution in [0.3, 0.4) is 0 Å². The number of ether oxygens (including phenoxy) is 1. The van der Waals surface area contributed by atoms with Crippen LogP contribution in [-0.2, 0) is 11.2 Å². The molecule has 2 aromatic heterocycles. The second-order valence-electron chi connectivity index (χ2n) is 8.25. The van der Waals surface area contributed by atoms with E-state index in [4.69, 9.17) is 21.3 Å². The highest BCUT2D eigenvalue weighted by molar-refractivity contribution is 6.29. The number of aromatic carboxylic acids is 1. The molecule has 2 atom stereocenters. The Balaban J connectivity index is 1.61.